The van der Waals surface area contributed by atoms with Gasteiger partial charge in [-0.05, 0) is 41.8 Å². The van der Waals surface area contributed by atoms with Crippen LogP contribution in [-0.2, 0) is 20.7 Å². The minimum Gasteiger partial charge on any atom is -0.505 e. The number of phenols is 1. The molecule has 9 heteroatoms. The van der Waals surface area contributed by atoms with Gasteiger partial charge in [-0.2, -0.15) is 0 Å². The summed E-state index contributed by atoms with van der Waals surface area (Å²) in [6.45, 7) is 0. The predicted molar refractivity (Wildman–Crippen MR) is 116 cm³/mol. The van der Waals surface area contributed by atoms with E-state index in [0.29, 0.717) is 11.8 Å². The normalized spacial score (nSPS) is 10.6. The van der Waals surface area contributed by atoms with Gasteiger partial charge in [0.15, 0.2) is 5.75 Å². The van der Waals surface area contributed by atoms with E-state index >= 15 is 0 Å². The van der Waals surface area contributed by atoms with Gasteiger partial charge in [0.25, 0.3) is 0 Å². The summed E-state index contributed by atoms with van der Waals surface area (Å²) in [5, 5.41) is 16.1. The number of rotatable bonds is 7. The average molecular weight is 439 g/mol. The Kier molecular flexibility index (Phi) is 6.99. The van der Waals surface area contributed by atoms with Crippen LogP contribution in [0.25, 0.3) is 10.9 Å². The summed E-state index contributed by atoms with van der Waals surface area (Å²) in [7, 11) is 2.65. The predicted octanol–water partition coefficient (Wildman–Crippen LogP) is 2.92. The van der Waals surface area contributed by atoms with Gasteiger partial charge in [0.2, 0.25) is 11.8 Å². The Morgan fingerprint density at radius 3 is 2.41 bits per heavy atom. The summed E-state index contributed by atoms with van der Waals surface area (Å²) in [5.74, 6) is -2.23. The van der Waals surface area contributed by atoms with Crippen LogP contribution < -0.4 is 10.6 Å². The lowest BCUT2D eigenvalue weighted by atomic mass is 10.0. The van der Waals surface area contributed by atoms with Gasteiger partial charge in [-0.25, -0.2) is 9.18 Å². The van der Waals surface area contributed by atoms with Gasteiger partial charge in [0.1, 0.15) is 16.9 Å². The first-order valence-electron chi connectivity index (χ1n) is 9.80. The van der Waals surface area contributed by atoms with Crippen LogP contribution in [0.2, 0.25) is 0 Å². The van der Waals surface area contributed by atoms with Crippen LogP contribution in [-0.4, -0.2) is 42.0 Å². The van der Waals surface area contributed by atoms with E-state index < -0.39 is 11.9 Å². The molecule has 32 heavy (non-hydrogen) atoms. The molecule has 0 aliphatic heterocycles. The number of carbonyl (C=O) groups is 3. The molecule has 3 N–H and O–H groups in total. The topological polar surface area (TPSA) is 118 Å². The van der Waals surface area contributed by atoms with Crippen molar-refractivity contribution in [3.05, 3.63) is 65.1 Å². The van der Waals surface area contributed by atoms with Crippen LogP contribution in [0.4, 0.5) is 10.1 Å². The van der Waals surface area contributed by atoms with Crippen molar-refractivity contribution in [2.45, 2.75) is 19.3 Å². The average Bonchev–Trinajstić information content (AvgIpc) is 2.80. The van der Waals surface area contributed by atoms with E-state index in [1.807, 2.05) is 0 Å². The second-order valence-electron chi connectivity index (χ2n) is 7.08. The fraction of sp³-hybridized carbons (Fsp3) is 0.217. The van der Waals surface area contributed by atoms with Crippen molar-refractivity contribution in [1.82, 2.24) is 10.3 Å². The van der Waals surface area contributed by atoms with E-state index in [1.54, 1.807) is 18.2 Å². The minimum atomic E-state index is -0.789. The Morgan fingerprint density at radius 2 is 1.75 bits per heavy atom. The molecule has 0 spiro atoms. The van der Waals surface area contributed by atoms with Crippen LogP contribution in [0.1, 0.15) is 34.3 Å². The number of aromatic hydroxyl groups is 1. The first-order valence-corrected chi connectivity index (χ1v) is 9.80. The van der Waals surface area contributed by atoms with Crippen molar-refractivity contribution >= 4 is 34.4 Å². The number of aromatic nitrogens is 1. The molecule has 3 rings (SSSR count). The Balaban J connectivity index is 2.01. The van der Waals surface area contributed by atoms with Gasteiger partial charge in [-0.15, -0.1) is 0 Å². The third-order valence-corrected chi connectivity index (χ3v) is 4.86. The third-order valence-electron chi connectivity index (χ3n) is 4.86. The fourth-order valence-corrected chi connectivity index (χ4v) is 3.19. The Bertz CT molecular complexity index is 1180. The van der Waals surface area contributed by atoms with E-state index in [0.717, 1.165) is 11.1 Å². The standard InChI is InChI=1S/C23H22FN3O5/c1-25-19(28)7-8-20(29)27-18-11-17(23(31)32-2)22(30)21-16(18)10-14(12-26-21)9-13-3-5-15(24)6-4-13/h3-6,10-12,30H,7-9H2,1-2H3,(H,25,28)(H,27,29). The van der Waals surface area contributed by atoms with E-state index in [9.17, 15) is 23.9 Å². The molecular formula is C23H22FN3O5. The number of benzene rings is 2. The molecule has 3 aromatic rings. The number of hydrogen-bond donors (Lipinski definition) is 3. The Labute approximate surface area is 183 Å². The van der Waals surface area contributed by atoms with Crippen LogP contribution >= 0.6 is 0 Å². The summed E-state index contributed by atoms with van der Waals surface area (Å²) < 4.78 is 17.9. The molecule has 0 aliphatic carbocycles. The minimum absolute atomic E-state index is 0.00370. The van der Waals surface area contributed by atoms with Crippen molar-refractivity contribution in [3.8, 4) is 5.75 Å². The van der Waals surface area contributed by atoms with Crippen molar-refractivity contribution in [2.24, 2.45) is 0 Å². The molecule has 1 heterocycles. The highest BCUT2D eigenvalue weighted by Crippen LogP contribution is 2.34. The number of halogens is 1. The highest BCUT2D eigenvalue weighted by Gasteiger charge is 2.20. The van der Waals surface area contributed by atoms with Gasteiger partial charge >= 0.3 is 5.97 Å². The maximum Gasteiger partial charge on any atom is 0.341 e. The summed E-state index contributed by atoms with van der Waals surface area (Å²) in [4.78, 5) is 40.2. The maximum atomic E-state index is 13.2. The number of esters is 1. The second-order valence-corrected chi connectivity index (χ2v) is 7.08. The lowest BCUT2D eigenvalue weighted by molar-refractivity contribution is -0.124. The van der Waals surface area contributed by atoms with E-state index in [-0.39, 0.29) is 47.1 Å². The van der Waals surface area contributed by atoms with Gasteiger partial charge in [-0.1, -0.05) is 12.1 Å². The molecule has 2 aromatic carbocycles. The number of hydrogen-bond acceptors (Lipinski definition) is 6. The second kappa shape index (κ2) is 9.86. The fourth-order valence-electron chi connectivity index (χ4n) is 3.19. The number of amides is 2. The number of nitrogens with one attached hydrogen (secondary N) is 2. The number of ether oxygens (including phenoxy) is 1. The van der Waals surface area contributed by atoms with Gasteiger partial charge < -0.3 is 20.5 Å². The summed E-state index contributed by atoms with van der Waals surface area (Å²) in [5.41, 5.74) is 1.79. The van der Waals surface area contributed by atoms with Crippen molar-refractivity contribution in [1.29, 1.82) is 0 Å². The van der Waals surface area contributed by atoms with E-state index in [2.05, 4.69) is 15.6 Å². The molecule has 1 aromatic heterocycles. The molecule has 0 aliphatic rings. The zero-order valence-corrected chi connectivity index (χ0v) is 17.6. The summed E-state index contributed by atoms with van der Waals surface area (Å²) >= 11 is 0. The van der Waals surface area contributed by atoms with Crippen LogP contribution in [0, 0.1) is 5.82 Å². The van der Waals surface area contributed by atoms with Crippen molar-refractivity contribution in [3.63, 3.8) is 0 Å². The quantitative estimate of drug-likeness (QED) is 0.385. The zero-order valence-electron chi connectivity index (χ0n) is 17.6. The maximum absolute atomic E-state index is 13.2. The molecule has 2 amide bonds. The largest absolute Gasteiger partial charge is 0.505 e. The SMILES string of the molecule is CNC(=O)CCC(=O)Nc1cc(C(=O)OC)c(O)c2ncc(Cc3ccc(F)cc3)cc12. The van der Waals surface area contributed by atoms with E-state index in [4.69, 9.17) is 4.74 Å². The Morgan fingerprint density at radius 1 is 1.06 bits per heavy atom. The molecule has 0 unspecified atom stereocenters. The van der Waals surface area contributed by atoms with Crippen LogP contribution in [0.3, 0.4) is 0 Å². The molecule has 0 saturated carbocycles. The highest BCUT2D eigenvalue weighted by atomic mass is 19.1. The summed E-state index contributed by atoms with van der Waals surface area (Å²) in [6, 6.07) is 9.05. The number of pyridine rings is 1. The number of nitrogens with zero attached hydrogens (tertiary/aromatic N) is 1. The molecular weight excluding hydrogens is 417 g/mol. The lowest BCUT2D eigenvalue weighted by Crippen LogP contribution is -2.21. The third kappa shape index (κ3) is 5.18. The van der Waals surface area contributed by atoms with Crippen LogP contribution in [0.15, 0.2) is 42.6 Å². The number of methoxy groups -OCH3 is 1. The monoisotopic (exact) mass is 439 g/mol. The number of phenolic OH excluding ortho intramolecular Hbond substituents is 1. The number of anilines is 1. The number of carbonyl (C=O) groups excluding carboxylic acids is 3. The van der Waals surface area contributed by atoms with Crippen LogP contribution in [0.5, 0.6) is 5.75 Å². The molecule has 0 bridgehead atoms. The first kappa shape index (κ1) is 22.7. The van der Waals surface area contributed by atoms with Gasteiger partial charge in [-0.3, -0.25) is 14.6 Å². The molecule has 0 atom stereocenters. The lowest BCUT2D eigenvalue weighted by Gasteiger charge is -2.14. The van der Waals surface area contributed by atoms with E-state index in [1.165, 1.54) is 38.6 Å². The molecule has 0 radical (unpaired) electrons. The van der Waals surface area contributed by atoms with Gasteiger partial charge in [0.05, 0.1) is 12.8 Å². The van der Waals surface area contributed by atoms with Gasteiger partial charge in [0, 0.05) is 31.5 Å². The molecule has 166 valence electrons. The highest BCUT2D eigenvalue weighted by molar-refractivity contribution is 6.08. The molecule has 0 fully saturated rings. The zero-order chi connectivity index (χ0) is 23.3. The first-order chi connectivity index (χ1) is 15.3. The number of fused-ring (bicyclic) bond motifs is 1. The van der Waals surface area contributed by atoms with Crippen molar-refractivity contribution in [2.75, 3.05) is 19.5 Å². The molecule has 8 nitrogen and oxygen atoms in total. The summed E-state index contributed by atoms with van der Waals surface area (Å²) in [6.07, 6.45) is 1.89. The van der Waals surface area contributed by atoms with Crippen molar-refractivity contribution < 1.29 is 28.6 Å². The molecule has 0 saturated heterocycles. The smallest absolute Gasteiger partial charge is 0.341 e. The Hall–Kier alpha value is -4.01.